The molecule has 0 atom stereocenters. The number of esters is 1. The summed E-state index contributed by atoms with van der Waals surface area (Å²) in [6.45, 7) is 0.655. The molecule has 0 aliphatic heterocycles. The number of carbonyl (C=O) groups excluding carboxylic acids is 3. The molecule has 0 bridgehead atoms. The van der Waals surface area contributed by atoms with E-state index in [0.717, 1.165) is 11.0 Å². The number of rotatable bonds is 6. The Hall–Kier alpha value is -2.38. The molecule has 0 spiro atoms. The Morgan fingerprint density at radius 2 is 1.88 bits per heavy atom. The molecule has 8 heteroatoms. The van der Waals surface area contributed by atoms with Gasteiger partial charge in [0.2, 0.25) is 11.7 Å². The predicted molar refractivity (Wildman–Crippen MR) is 98.5 cm³/mol. The average Bonchev–Trinajstić information content (AvgIpc) is 2.59. The second-order valence-corrected chi connectivity index (χ2v) is 6.51. The number of ether oxygens (including phenoxy) is 1. The van der Waals surface area contributed by atoms with Gasteiger partial charge in [0, 0.05) is 17.5 Å². The number of nitrogens with one attached hydrogen (secondary N) is 1. The summed E-state index contributed by atoms with van der Waals surface area (Å²) >= 11 is 7.40. The largest absolute Gasteiger partial charge is 0.454 e. The highest BCUT2D eigenvalue weighted by molar-refractivity contribution is 7.98. The van der Waals surface area contributed by atoms with Crippen LogP contribution in [0.4, 0.5) is 10.1 Å². The van der Waals surface area contributed by atoms with Crippen LogP contribution >= 0.6 is 23.4 Å². The molecule has 0 aliphatic carbocycles. The van der Waals surface area contributed by atoms with Crippen molar-refractivity contribution in [3.05, 3.63) is 58.4 Å². The molecular weight excluding hydrogens is 381 g/mol. The molecule has 26 heavy (non-hydrogen) atoms. The molecule has 0 saturated heterocycles. The van der Waals surface area contributed by atoms with Crippen LogP contribution in [-0.4, -0.2) is 30.5 Å². The van der Waals surface area contributed by atoms with Gasteiger partial charge in [-0.1, -0.05) is 11.6 Å². The van der Waals surface area contributed by atoms with E-state index >= 15 is 0 Å². The summed E-state index contributed by atoms with van der Waals surface area (Å²) in [6.07, 6.45) is 1.84. The summed E-state index contributed by atoms with van der Waals surface area (Å²) in [7, 11) is 0. The molecule has 2 aromatic rings. The highest BCUT2D eigenvalue weighted by atomic mass is 35.5. The topological polar surface area (TPSA) is 72.5 Å². The minimum atomic E-state index is -0.820. The van der Waals surface area contributed by atoms with E-state index < -0.39 is 24.2 Å². The summed E-state index contributed by atoms with van der Waals surface area (Å²) in [5.74, 6) is -2.65. The first-order valence-corrected chi connectivity index (χ1v) is 9.03. The first kappa shape index (κ1) is 19.9. The predicted octanol–water partition coefficient (Wildman–Crippen LogP) is 4.20. The van der Waals surface area contributed by atoms with E-state index in [1.807, 2.05) is 6.26 Å². The van der Waals surface area contributed by atoms with Crippen molar-refractivity contribution >= 4 is 46.7 Å². The van der Waals surface area contributed by atoms with Crippen LogP contribution in [0.25, 0.3) is 0 Å². The number of benzene rings is 2. The highest BCUT2D eigenvalue weighted by Crippen LogP contribution is 2.24. The van der Waals surface area contributed by atoms with E-state index in [-0.39, 0.29) is 27.7 Å². The molecule has 1 amide bonds. The maximum atomic E-state index is 14.0. The van der Waals surface area contributed by atoms with Crippen molar-refractivity contribution in [1.82, 2.24) is 0 Å². The van der Waals surface area contributed by atoms with Crippen LogP contribution < -0.4 is 5.32 Å². The van der Waals surface area contributed by atoms with Gasteiger partial charge in [-0.25, -0.2) is 9.18 Å². The number of anilines is 1. The fourth-order valence-corrected chi connectivity index (χ4v) is 2.73. The zero-order chi connectivity index (χ0) is 19.3. The SMILES string of the molecule is CSc1ccc(Cl)c(C(=O)OCC(=O)c2ccc(NC(C)=O)cc2F)c1. The number of hydrogen-bond acceptors (Lipinski definition) is 5. The van der Waals surface area contributed by atoms with Crippen LogP contribution in [0.3, 0.4) is 0 Å². The van der Waals surface area contributed by atoms with Crippen molar-refractivity contribution in [2.75, 3.05) is 18.2 Å². The number of thioether (sulfide) groups is 1. The lowest BCUT2D eigenvalue weighted by atomic mass is 10.1. The third kappa shape index (κ3) is 5.06. The van der Waals surface area contributed by atoms with E-state index in [1.165, 1.54) is 30.8 Å². The Balaban J connectivity index is 2.06. The Bertz CT molecular complexity index is 872. The van der Waals surface area contributed by atoms with Gasteiger partial charge in [0.05, 0.1) is 16.1 Å². The van der Waals surface area contributed by atoms with Crippen LogP contribution in [0, 0.1) is 5.82 Å². The highest BCUT2D eigenvalue weighted by Gasteiger charge is 2.18. The molecule has 0 radical (unpaired) electrons. The Kier molecular flexibility index (Phi) is 6.76. The molecule has 0 aliphatic rings. The molecule has 0 saturated carbocycles. The molecule has 0 unspecified atom stereocenters. The second-order valence-electron chi connectivity index (χ2n) is 5.22. The van der Waals surface area contributed by atoms with Crippen molar-refractivity contribution < 1.29 is 23.5 Å². The normalized spacial score (nSPS) is 10.3. The van der Waals surface area contributed by atoms with Gasteiger partial charge in [0.1, 0.15) is 5.82 Å². The third-order valence-electron chi connectivity index (χ3n) is 3.32. The van der Waals surface area contributed by atoms with E-state index in [0.29, 0.717) is 0 Å². The minimum absolute atomic E-state index is 0.132. The van der Waals surface area contributed by atoms with Gasteiger partial charge in [0.25, 0.3) is 0 Å². The molecule has 2 aromatic carbocycles. The number of Topliss-reactive ketones (excluding diaryl/α,β-unsaturated/α-hetero) is 1. The van der Waals surface area contributed by atoms with Crippen LogP contribution in [0.15, 0.2) is 41.3 Å². The van der Waals surface area contributed by atoms with Crippen molar-refractivity contribution in [3.63, 3.8) is 0 Å². The molecular formula is C18H15ClFNO4S. The van der Waals surface area contributed by atoms with E-state index in [9.17, 15) is 18.8 Å². The fraction of sp³-hybridized carbons (Fsp3) is 0.167. The van der Waals surface area contributed by atoms with E-state index in [4.69, 9.17) is 16.3 Å². The monoisotopic (exact) mass is 395 g/mol. The maximum absolute atomic E-state index is 14.0. The van der Waals surface area contributed by atoms with Crippen LogP contribution in [0.5, 0.6) is 0 Å². The summed E-state index contributed by atoms with van der Waals surface area (Å²) in [6, 6.07) is 8.50. The number of amides is 1. The second kappa shape index (κ2) is 8.82. The van der Waals surface area contributed by atoms with Gasteiger partial charge in [-0.3, -0.25) is 9.59 Å². The van der Waals surface area contributed by atoms with Gasteiger partial charge >= 0.3 is 5.97 Å². The van der Waals surface area contributed by atoms with Gasteiger partial charge in [-0.05, 0) is 42.7 Å². The lowest BCUT2D eigenvalue weighted by molar-refractivity contribution is -0.114. The molecule has 5 nitrogen and oxygen atoms in total. The summed E-state index contributed by atoms with van der Waals surface area (Å²) in [4.78, 5) is 36.0. The van der Waals surface area contributed by atoms with E-state index in [1.54, 1.807) is 18.2 Å². The molecule has 0 fully saturated rings. The van der Waals surface area contributed by atoms with Gasteiger partial charge in [-0.2, -0.15) is 0 Å². The number of hydrogen-bond donors (Lipinski definition) is 1. The lowest BCUT2D eigenvalue weighted by Crippen LogP contribution is -2.16. The smallest absolute Gasteiger partial charge is 0.340 e. The third-order valence-corrected chi connectivity index (χ3v) is 4.37. The number of carbonyl (C=O) groups is 3. The van der Waals surface area contributed by atoms with Crippen molar-refractivity contribution in [2.45, 2.75) is 11.8 Å². The Morgan fingerprint density at radius 1 is 1.15 bits per heavy atom. The molecule has 1 N–H and O–H groups in total. The molecule has 0 heterocycles. The van der Waals surface area contributed by atoms with Crippen LogP contribution in [-0.2, 0) is 9.53 Å². The zero-order valence-electron chi connectivity index (χ0n) is 14.0. The van der Waals surface area contributed by atoms with Gasteiger partial charge in [0.15, 0.2) is 6.61 Å². The molecule has 2 rings (SSSR count). The molecule has 136 valence electrons. The summed E-state index contributed by atoms with van der Waals surface area (Å²) in [5, 5.41) is 2.61. The summed E-state index contributed by atoms with van der Waals surface area (Å²) in [5.41, 5.74) is 0.118. The average molecular weight is 396 g/mol. The maximum Gasteiger partial charge on any atom is 0.340 e. The van der Waals surface area contributed by atoms with Crippen LogP contribution in [0.2, 0.25) is 5.02 Å². The van der Waals surface area contributed by atoms with E-state index in [2.05, 4.69) is 5.32 Å². The lowest BCUT2D eigenvalue weighted by Gasteiger charge is -2.08. The standard InChI is InChI=1S/C18H15ClFNO4S/c1-10(22)21-11-3-5-13(16(20)7-11)17(23)9-25-18(24)14-8-12(26-2)4-6-15(14)19/h3-8H,9H2,1-2H3,(H,21,22). The van der Waals surface area contributed by atoms with Gasteiger partial charge < -0.3 is 10.1 Å². The minimum Gasteiger partial charge on any atom is -0.454 e. The first-order chi connectivity index (χ1) is 12.3. The Labute approximate surface area is 158 Å². The number of ketones is 1. The van der Waals surface area contributed by atoms with Gasteiger partial charge in [-0.15, -0.1) is 11.8 Å². The quantitative estimate of drug-likeness (QED) is 0.451. The fourth-order valence-electron chi connectivity index (χ4n) is 2.10. The van der Waals surface area contributed by atoms with Crippen molar-refractivity contribution in [3.8, 4) is 0 Å². The van der Waals surface area contributed by atoms with Crippen molar-refractivity contribution in [2.24, 2.45) is 0 Å². The molecule has 0 aromatic heterocycles. The van der Waals surface area contributed by atoms with Crippen LogP contribution in [0.1, 0.15) is 27.6 Å². The van der Waals surface area contributed by atoms with Crippen molar-refractivity contribution in [1.29, 1.82) is 0 Å². The zero-order valence-corrected chi connectivity index (χ0v) is 15.5. The number of halogens is 2. The first-order valence-electron chi connectivity index (χ1n) is 7.43. The summed E-state index contributed by atoms with van der Waals surface area (Å²) < 4.78 is 19.0. The Morgan fingerprint density at radius 3 is 2.50 bits per heavy atom.